The molecule has 3 aromatic carbocycles. The number of nitrogens with one attached hydrogen (secondary N) is 1. The molecule has 0 aliphatic rings. The van der Waals surface area contributed by atoms with E-state index in [2.05, 4.69) is 15.5 Å². The Morgan fingerprint density at radius 2 is 1.67 bits per heavy atom. The molecule has 0 unspecified atom stereocenters. The standard InChI is InChI=1S/C25H18ClFN4O2/c1-14-3-4-16(12-19(14)26)23-9-10-24(33-23)25(32)28-20-13-22-21(11-15(20)2)29-31(30-22)18-7-5-17(27)6-8-18/h3-13H,1-2H3,(H,28,32). The van der Waals surface area contributed by atoms with Crippen molar-refractivity contribution in [1.82, 2.24) is 15.0 Å². The van der Waals surface area contributed by atoms with Crippen molar-refractivity contribution in [3.63, 3.8) is 0 Å². The summed E-state index contributed by atoms with van der Waals surface area (Å²) in [4.78, 5) is 14.3. The van der Waals surface area contributed by atoms with Crippen LogP contribution in [-0.4, -0.2) is 20.9 Å². The van der Waals surface area contributed by atoms with Gasteiger partial charge in [-0.2, -0.15) is 4.80 Å². The average molecular weight is 461 g/mol. The van der Waals surface area contributed by atoms with E-state index in [9.17, 15) is 9.18 Å². The molecule has 0 saturated heterocycles. The molecule has 6 nitrogen and oxygen atoms in total. The zero-order valence-corrected chi connectivity index (χ0v) is 18.5. The summed E-state index contributed by atoms with van der Waals surface area (Å²) in [6.45, 7) is 3.79. The number of furan rings is 1. The first-order valence-electron chi connectivity index (χ1n) is 10.2. The van der Waals surface area contributed by atoms with Gasteiger partial charge in [-0.15, -0.1) is 10.2 Å². The van der Waals surface area contributed by atoms with E-state index in [0.29, 0.717) is 33.2 Å². The summed E-state index contributed by atoms with van der Waals surface area (Å²) in [6, 6.07) is 18.4. The van der Waals surface area contributed by atoms with Gasteiger partial charge in [-0.1, -0.05) is 23.7 Å². The summed E-state index contributed by atoms with van der Waals surface area (Å²) >= 11 is 6.20. The number of hydrogen-bond acceptors (Lipinski definition) is 4. The van der Waals surface area contributed by atoms with Crippen molar-refractivity contribution in [3.05, 3.63) is 94.5 Å². The van der Waals surface area contributed by atoms with Gasteiger partial charge in [0, 0.05) is 16.3 Å². The number of carbonyl (C=O) groups excluding carboxylic acids is 1. The highest BCUT2D eigenvalue weighted by Gasteiger charge is 2.16. The number of aryl methyl sites for hydroxylation is 2. The fourth-order valence-electron chi connectivity index (χ4n) is 3.44. The third kappa shape index (κ3) is 4.10. The van der Waals surface area contributed by atoms with Crippen molar-refractivity contribution in [2.24, 2.45) is 0 Å². The van der Waals surface area contributed by atoms with Crippen LogP contribution in [0.25, 0.3) is 28.0 Å². The zero-order valence-electron chi connectivity index (χ0n) is 17.8. The van der Waals surface area contributed by atoms with Crippen LogP contribution in [0.2, 0.25) is 5.02 Å². The van der Waals surface area contributed by atoms with Crippen LogP contribution in [0.5, 0.6) is 0 Å². The highest BCUT2D eigenvalue weighted by molar-refractivity contribution is 6.31. The van der Waals surface area contributed by atoms with Crippen LogP contribution in [0.15, 0.2) is 71.1 Å². The van der Waals surface area contributed by atoms with E-state index >= 15 is 0 Å². The predicted octanol–water partition coefficient (Wildman–Crippen LogP) is 6.34. The van der Waals surface area contributed by atoms with Gasteiger partial charge in [-0.25, -0.2) is 4.39 Å². The van der Waals surface area contributed by atoms with Gasteiger partial charge in [-0.3, -0.25) is 4.79 Å². The highest BCUT2D eigenvalue weighted by atomic mass is 35.5. The molecule has 33 heavy (non-hydrogen) atoms. The molecule has 1 N–H and O–H groups in total. The quantitative estimate of drug-likeness (QED) is 0.339. The van der Waals surface area contributed by atoms with Gasteiger partial charge in [0.1, 0.15) is 22.6 Å². The number of aromatic nitrogens is 3. The molecule has 0 radical (unpaired) electrons. The van der Waals surface area contributed by atoms with E-state index < -0.39 is 0 Å². The Morgan fingerprint density at radius 3 is 2.39 bits per heavy atom. The lowest BCUT2D eigenvalue weighted by Gasteiger charge is -2.06. The fraction of sp³-hybridized carbons (Fsp3) is 0.0800. The number of amides is 1. The normalized spacial score (nSPS) is 11.2. The van der Waals surface area contributed by atoms with Gasteiger partial charge in [0.25, 0.3) is 5.91 Å². The van der Waals surface area contributed by atoms with E-state index in [0.717, 1.165) is 16.7 Å². The molecule has 0 spiro atoms. The van der Waals surface area contributed by atoms with Gasteiger partial charge in [-0.05, 0) is 79.6 Å². The molecule has 0 aliphatic carbocycles. The number of carbonyl (C=O) groups is 1. The third-order valence-corrected chi connectivity index (χ3v) is 5.73. The Morgan fingerprint density at radius 1 is 0.939 bits per heavy atom. The lowest BCUT2D eigenvalue weighted by Crippen LogP contribution is -2.11. The molecule has 0 saturated carbocycles. The van der Waals surface area contributed by atoms with Crippen LogP contribution in [0.4, 0.5) is 10.1 Å². The van der Waals surface area contributed by atoms with Gasteiger partial charge in [0.15, 0.2) is 5.76 Å². The molecule has 1 amide bonds. The van der Waals surface area contributed by atoms with Crippen molar-refractivity contribution in [3.8, 4) is 17.0 Å². The third-order valence-electron chi connectivity index (χ3n) is 5.32. The van der Waals surface area contributed by atoms with Crippen molar-refractivity contribution >= 4 is 34.2 Å². The van der Waals surface area contributed by atoms with E-state index in [-0.39, 0.29) is 17.5 Å². The summed E-state index contributed by atoms with van der Waals surface area (Å²) < 4.78 is 19.0. The SMILES string of the molecule is Cc1ccc(-c2ccc(C(=O)Nc3cc4nn(-c5ccc(F)cc5)nc4cc3C)o2)cc1Cl. The first-order valence-corrected chi connectivity index (χ1v) is 10.6. The summed E-state index contributed by atoms with van der Waals surface area (Å²) in [5.41, 5.74) is 5.05. The second-order valence-electron chi connectivity index (χ2n) is 7.70. The summed E-state index contributed by atoms with van der Waals surface area (Å²) in [5, 5.41) is 12.4. The molecule has 0 aliphatic heterocycles. The largest absolute Gasteiger partial charge is 0.451 e. The number of benzene rings is 3. The predicted molar refractivity (Wildman–Crippen MR) is 125 cm³/mol. The lowest BCUT2D eigenvalue weighted by molar-refractivity contribution is 0.0997. The van der Waals surface area contributed by atoms with Crippen molar-refractivity contribution in [2.75, 3.05) is 5.32 Å². The molecule has 164 valence electrons. The van der Waals surface area contributed by atoms with Gasteiger partial charge >= 0.3 is 0 Å². The van der Waals surface area contributed by atoms with E-state index in [1.807, 2.05) is 32.0 Å². The van der Waals surface area contributed by atoms with Crippen molar-refractivity contribution in [2.45, 2.75) is 13.8 Å². The molecular formula is C25H18ClFN4O2. The first kappa shape index (κ1) is 20.9. The maximum Gasteiger partial charge on any atom is 0.291 e. The Labute approximate surface area is 193 Å². The lowest BCUT2D eigenvalue weighted by atomic mass is 10.1. The molecule has 5 aromatic rings. The maximum atomic E-state index is 13.2. The van der Waals surface area contributed by atoms with Crippen molar-refractivity contribution < 1.29 is 13.6 Å². The van der Waals surface area contributed by atoms with Crippen LogP contribution in [0, 0.1) is 19.7 Å². The Kier molecular flexibility index (Phi) is 5.18. The molecule has 2 heterocycles. The minimum atomic E-state index is -0.382. The van der Waals surface area contributed by atoms with Crippen LogP contribution in [0.1, 0.15) is 21.7 Å². The summed E-state index contributed by atoms with van der Waals surface area (Å²) in [6.07, 6.45) is 0. The molecule has 0 bridgehead atoms. The number of halogens is 2. The number of rotatable bonds is 4. The topological polar surface area (TPSA) is 73.0 Å². The van der Waals surface area contributed by atoms with Gasteiger partial charge in [0.2, 0.25) is 0 Å². The second kappa shape index (κ2) is 8.18. The average Bonchev–Trinajstić information content (AvgIpc) is 3.44. The minimum absolute atomic E-state index is 0.177. The first-order chi connectivity index (χ1) is 15.9. The highest BCUT2D eigenvalue weighted by Crippen LogP contribution is 2.28. The van der Waals surface area contributed by atoms with Gasteiger partial charge < -0.3 is 9.73 Å². The van der Waals surface area contributed by atoms with Crippen LogP contribution >= 0.6 is 11.6 Å². The number of nitrogens with zero attached hydrogens (tertiary/aromatic N) is 3. The van der Waals surface area contributed by atoms with Crippen LogP contribution in [0.3, 0.4) is 0 Å². The summed E-state index contributed by atoms with van der Waals surface area (Å²) in [5.74, 6) is 0.0170. The van der Waals surface area contributed by atoms with Crippen LogP contribution in [-0.2, 0) is 0 Å². The number of fused-ring (bicyclic) bond motifs is 1. The molecule has 0 fully saturated rings. The molecule has 2 aromatic heterocycles. The number of anilines is 1. The smallest absolute Gasteiger partial charge is 0.291 e. The molecule has 0 atom stereocenters. The number of hydrogen-bond donors (Lipinski definition) is 1. The maximum absolute atomic E-state index is 13.2. The van der Waals surface area contributed by atoms with Gasteiger partial charge in [0.05, 0.1) is 5.69 Å². The Hall–Kier alpha value is -3.97. The monoisotopic (exact) mass is 460 g/mol. The van der Waals surface area contributed by atoms with E-state index in [4.69, 9.17) is 16.0 Å². The molecule has 8 heteroatoms. The fourth-order valence-corrected chi connectivity index (χ4v) is 3.62. The molecule has 5 rings (SSSR count). The second-order valence-corrected chi connectivity index (χ2v) is 8.11. The van der Waals surface area contributed by atoms with Crippen molar-refractivity contribution in [1.29, 1.82) is 0 Å². The Bertz CT molecular complexity index is 1510. The van der Waals surface area contributed by atoms with E-state index in [1.54, 1.807) is 36.4 Å². The molecular weight excluding hydrogens is 443 g/mol. The van der Waals surface area contributed by atoms with Crippen LogP contribution < -0.4 is 5.32 Å². The van der Waals surface area contributed by atoms with E-state index in [1.165, 1.54) is 16.9 Å². The minimum Gasteiger partial charge on any atom is -0.451 e. The summed E-state index contributed by atoms with van der Waals surface area (Å²) in [7, 11) is 0. The zero-order chi connectivity index (χ0) is 23.1. The Balaban J connectivity index is 1.40.